The first-order valence-electron chi connectivity index (χ1n) is 10.8. The minimum atomic E-state index is 0.254. The second-order valence-electron chi connectivity index (χ2n) is 7.53. The monoisotopic (exact) mass is 335 g/mol. The van der Waals surface area contributed by atoms with Crippen LogP contribution in [0.5, 0.6) is 0 Å². The Morgan fingerprint density at radius 3 is 1.92 bits per heavy atom. The van der Waals surface area contributed by atoms with Gasteiger partial charge in [-0.15, -0.1) is 0 Å². The zero-order chi connectivity index (χ0) is 17.3. The number of allylic oxidation sites excluding steroid dienone is 2. The second-order valence-corrected chi connectivity index (χ2v) is 7.53. The lowest BCUT2D eigenvalue weighted by Gasteiger charge is -2.08. The predicted octanol–water partition coefficient (Wildman–Crippen LogP) is 6.69. The maximum atomic E-state index is 11.1. The molecule has 0 bridgehead atoms. The fourth-order valence-corrected chi connectivity index (χ4v) is 3.53. The van der Waals surface area contributed by atoms with Gasteiger partial charge >= 0.3 is 0 Å². The van der Waals surface area contributed by atoms with E-state index in [0.717, 1.165) is 12.8 Å². The summed E-state index contributed by atoms with van der Waals surface area (Å²) in [5, 5.41) is 3.06. The van der Waals surface area contributed by atoms with E-state index in [1.807, 2.05) is 0 Å². The van der Waals surface area contributed by atoms with Crippen LogP contribution < -0.4 is 5.32 Å². The molecule has 1 fully saturated rings. The van der Waals surface area contributed by atoms with Crippen LogP contribution in [-0.4, -0.2) is 11.9 Å². The van der Waals surface area contributed by atoms with E-state index in [-0.39, 0.29) is 5.91 Å². The molecule has 1 saturated heterocycles. The molecule has 1 heterocycles. The average Bonchev–Trinajstić information content (AvgIpc) is 3.00. The number of carbonyl (C=O) groups is 1. The van der Waals surface area contributed by atoms with Crippen molar-refractivity contribution in [3.63, 3.8) is 0 Å². The van der Waals surface area contributed by atoms with E-state index in [2.05, 4.69) is 24.4 Å². The van der Waals surface area contributed by atoms with Gasteiger partial charge in [-0.1, -0.05) is 83.3 Å². The van der Waals surface area contributed by atoms with Gasteiger partial charge in [0.05, 0.1) is 0 Å². The summed E-state index contributed by atoms with van der Waals surface area (Å²) in [4.78, 5) is 11.1. The zero-order valence-electron chi connectivity index (χ0n) is 16.2. The van der Waals surface area contributed by atoms with Crippen LogP contribution in [0.3, 0.4) is 0 Å². The molecular formula is C22H41NO. The van der Waals surface area contributed by atoms with Gasteiger partial charge < -0.3 is 5.32 Å². The van der Waals surface area contributed by atoms with Crippen molar-refractivity contribution in [3.8, 4) is 0 Å². The lowest BCUT2D eigenvalue weighted by Crippen LogP contribution is -2.24. The molecule has 0 aromatic heterocycles. The average molecular weight is 336 g/mol. The van der Waals surface area contributed by atoms with Gasteiger partial charge in [-0.3, -0.25) is 4.79 Å². The van der Waals surface area contributed by atoms with Crippen molar-refractivity contribution in [1.29, 1.82) is 0 Å². The minimum absolute atomic E-state index is 0.254. The maximum absolute atomic E-state index is 11.1. The second kappa shape index (κ2) is 15.7. The molecule has 0 radical (unpaired) electrons. The van der Waals surface area contributed by atoms with E-state index >= 15 is 0 Å². The summed E-state index contributed by atoms with van der Waals surface area (Å²) >= 11 is 0. The van der Waals surface area contributed by atoms with Crippen molar-refractivity contribution in [1.82, 2.24) is 5.32 Å². The Balaban J connectivity index is 1.72. The molecule has 1 aliphatic heterocycles. The highest BCUT2D eigenvalue weighted by atomic mass is 16.1. The van der Waals surface area contributed by atoms with Gasteiger partial charge in [-0.25, -0.2) is 0 Å². The van der Waals surface area contributed by atoms with Crippen LogP contribution in [0, 0.1) is 0 Å². The van der Waals surface area contributed by atoms with E-state index in [9.17, 15) is 4.79 Å². The normalized spacial score (nSPS) is 17.7. The molecule has 0 aromatic carbocycles. The van der Waals surface area contributed by atoms with Crippen molar-refractivity contribution in [3.05, 3.63) is 12.2 Å². The summed E-state index contributed by atoms with van der Waals surface area (Å²) in [5.74, 6) is 0.254. The highest BCUT2D eigenvalue weighted by Gasteiger charge is 2.19. The number of rotatable bonds is 16. The molecule has 2 nitrogen and oxygen atoms in total. The molecule has 0 aliphatic carbocycles. The molecule has 1 N–H and O–H groups in total. The van der Waals surface area contributed by atoms with Gasteiger partial charge in [0, 0.05) is 12.5 Å². The Labute approximate surface area is 150 Å². The van der Waals surface area contributed by atoms with Crippen molar-refractivity contribution in [2.45, 2.75) is 122 Å². The predicted molar refractivity (Wildman–Crippen MR) is 105 cm³/mol. The first-order valence-corrected chi connectivity index (χ1v) is 10.8. The van der Waals surface area contributed by atoms with E-state index in [1.54, 1.807) is 0 Å². The van der Waals surface area contributed by atoms with Gasteiger partial charge in [-0.05, 0) is 38.5 Å². The minimum Gasteiger partial charge on any atom is -0.353 e. The van der Waals surface area contributed by atoms with Crippen LogP contribution in [0.1, 0.15) is 116 Å². The topological polar surface area (TPSA) is 29.1 Å². The molecule has 0 aromatic rings. The lowest BCUT2D eigenvalue weighted by atomic mass is 10.0. The Kier molecular flexibility index (Phi) is 13.9. The molecule has 2 heteroatoms. The van der Waals surface area contributed by atoms with Crippen molar-refractivity contribution in [2.24, 2.45) is 0 Å². The molecule has 1 rings (SSSR count). The SMILES string of the molecule is CCCCCCCCC=CCCCCCCCCC1CCC(=O)N1. The van der Waals surface area contributed by atoms with Crippen LogP contribution in [0.4, 0.5) is 0 Å². The van der Waals surface area contributed by atoms with Crippen LogP contribution in [0.15, 0.2) is 12.2 Å². The Morgan fingerprint density at radius 1 is 0.833 bits per heavy atom. The van der Waals surface area contributed by atoms with Crippen LogP contribution >= 0.6 is 0 Å². The highest BCUT2D eigenvalue weighted by molar-refractivity contribution is 5.78. The highest BCUT2D eigenvalue weighted by Crippen LogP contribution is 2.15. The first kappa shape index (κ1) is 21.3. The van der Waals surface area contributed by atoms with Crippen LogP contribution in [0.25, 0.3) is 0 Å². The lowest BCUT2D eigenvalue weighted by molar-refractivity contribution is -0.119. The quantitative estimate of drug-likeness (QED) is 0.247. The fourth-order valence-electron chi connectivity index (χ4n) is 3.53. The maximum Gasteiger partial charge on any atom is 0.220 e. The molecule has 1 atom stereocenters. The number of hydrogen-bond donors (Lipinski definition) is 1. The number of hydrogen-bond acceptors (Lipinski definition) is 1. The van der Waals surface area contributed by atoms with Gasteiger partial charge in [0.15, 0.2) is 0 Å². The number of amides is 1. The zero-order valence-corrected chi connectivity index (χ0v) is 16.2. The number of nitrogens with one attached hydrogen (secondary N) is 1. The van der Waals surface area contributed by atoms with E-state index < -0.39 is 0 Å². The summed E-state index contributed by atoms with van der Waals surface area (Å²) in [7, 11) is 0. The summed E-state index contributed by atoms with van der Waals surface area (Å²) in [6.07, 6.45) is 26.8. The molecule has 140 valence electrons. The van der Waals surface area contributed by atoms with Crippen molar-refractivity contribution < 1.29 is 4.79 Å². The van der Waals surface area contributed by atoms with E-state index in [4.69, 9.17) is 0 Å². The molecule has 1 amide bonds. The Bertz CT molecular complexity index is 324. The van der Waals surface area contributed by atoms with Crippen LogP contribution in [-0.2, 0) is 4.79 Å². The van der Waals surface area contributed by atoms with Crippen molar-refractivity contribution >= 4 is 5.91 Å². The summed E-state index contributed by atoms with van der Waals surface area (Å²) < 4.78 is 0. The molecule has 1 unspecified atom stereocenters. The summed E-state index contributed by atoms with van der Waals surface area (Å²) in [6, 6.07) is 0.481. The number of unbranched alkanes of at least 4 members (excludes halogenated alkanes) is 12. The third-order valence-corrected chi connectivity index (χ3v) is 5.15. The van der Waals surface area contributed by atoms with Gasteiger partial charge in [-0.2, -0.15) is 0 Å². The molecule has 0 saturated carbocycles. The van der Waals surface area contributed by atoms with E-state index in [1.165, 1.54) is 96.3 Å². The third-order valence-electron chi connectivity index (χ3n) is 5.15. The molecule has 24 heavy (non-hydrogen) atoms. The first-order chi connectivity index (χ1) is 11.8. The Hall–Kier alpha value is -0.790. The Morgan fingerprint density at radius 2 is 1.38 bits per heavy atom. The fraction of sp³-hybridized carbons (Fsp3) is 0.864. The number of carbonyl (C=O) groups excluding carboxylic acids is 1. The van der Waals surface area contributed by atoms with Crippen LogP contribution in [0.2, 0.25) is 0 Å². The molecule has 1 aliphatic rings. The van der Waals surface area contributed by atoms with Gasteiger partial charge in [0.25, 0.3) is 0 Å². The summed E-state index contributed by atoms with van der Waals surface area (Å²) in [5.41, 5.74) is 0. The smallest absolute Gasteiger partial charge is 0.220 e. The summed E-state index contributed by atoms with van der Waals surface area (Å²) in [6.45, 7) is 2.28. The van der Waals surface area contributed by atoms with Gasteiger partial charge in [0.1, 0.15) is 0 Å². The largest absolute Gasteiger partial charge is 0.353 e. The van der Waals surface area contributed by atoms with Crippen molar-refractivity contribution in [2.75, 3.05) is 0 Å². The standard InChI is InChI=1S/C22H41NO/c1-2-3-4-5-6-7-8-9-10-11-12-13-14-15-16-17-18-21-19-20-22(24)23-21/h9-10,21H,2-8,11-20H2,1H3,(H,23,24). The molecular weight excluding hydrogens is 294 g/mol. The third kappa shape index (κ3) is 12.6. The molecule has 0 spiro atoms. The van der Waals surface area contributed by atoms with Gasteiger partial charge in [0.2, 0.25) is 5.91 Å². The van der Waals surface area contributed by atoms with E-state index in [0.29, 0.717) is 6.04 Å².